The Bertz CT molecular complexity index is 1760. The van der Waals surface area contributed by atoms with Crippen LogP contribution in [0.2, 0.25) is 0 Å². The lowest BCUT2D eigenvalue weighted by molar-refractivity contribution is -0.133. The van der Waals surface area contributed by atoms with Crippen molar-refractivity contribution in [3.63, 3.8) is 0 Å². The summed E-state index contributed by atoms with van der Waals surface area (Å²) in [6, 6.07) is 18.3. The van der Waals surface area contributed by atoms with Crippen molar-refractivity contribution in [1.82, 2.24) is 14.9 Å². The average Bonchev–Trinajstić information content (AvgIpc) is 3.67. The van der Waals surface area contributed by atoms with E-state index in [4.69, 9.17) is 0 Å². The number of rotatable bonds is 6. The van der Waals surface area contributed by atoms with Crippen molar-refractivity contribution in [3.8, 4) is 6.07 Å². The molecule has 6 rings (SSSR count). The fourth-order valence-electron chi connectivity index (χ4n) is 6.13. The number of hydrogen-bond acceptors (Lipinski definition) is 5. The van der Waals surface area contributed by atoms with Crippen LogP contribution in [0.4, 0.5) is 15.8 Å². The van der Waals surface area contributed by atoms with Crippen molar-refractivity contribution in [2.75, 3.05) is 17.2 Å². The van der Waals surface area contributed by atoms with Crippen LogP contribution in [0.3, 0.4) is 0 Å². The van der Waals surface area contributed by atoms with E-state index in [1.165, 1.54) is 23.2 Å². The van der Waals surface area contributed by atoms with Crippen molar-refractivity contribution in [2.45, 2.75) is 44.1 Å². The molecule has 10 heteroatoms. The Kier molecular flexibility index (Phi) is 6.73. The van der Waals surface area contributed by atoms with Crippen LogP contribution in [0, 0.1) is 23.1 Å². The Morgan fingerprint density at radius 1 is 1.19 bits per heavy atom. The van der Waals surface area contributed by atoms with E-state index >= 15 is 0 Å². The molecule has 4 aromatic rings. The van der Waals surface area contributed by atoms with Gasteiger partial charge in [0.05, 0.1) is 35.0 Å². The average molecular weight is 565 g/mol. The summed E-state index contributed by atoms with van der Waals surface area (Å²) >= 11 is 0. The fraction of sp³-hybridized carbons (Fsp3) is 0.281. The number of aromatic nitrogens is 2. The molecule has 3 atom stereocenters. The number of aromatic amines is 1. The Morgan fingerprint density at radius 2 is 2.00 bits per heavy atom. The van der Waals surface area contributed by atoms with Crippen LogP contribution in [0.1, 0.15) is 54.4 Å². The van der Waals surface area contributed by atoms with E-state index in [1.54, 1.807) is 24.3 Å². The first-order chi connectivity index (χ1) is 20.2. The number of hydrogen-bond donors (Lipinski definition) is 3. The summed E-state index contributed by atoms with van der Waals surface area (Å²) < 4.78 is 14.1. The summed E-state index contributed by atoms with van der Waals surface area (Å²) in [6.45, 7) is 4.12. The lowest BCUT2D eigenvalue weighted by Gasteiger charge is -2.27. The monoisotopic (exact) mass is 564 g/mol. The van der Waals surface area contributed by atoms with Crippen LogP contribution in [0.5, 0.6) is 0 Å². The summed E-state index contributed by atoms with van der Waals surface area (Å²) in [5.41, 5.74) is 2.19. The molecule has 3 amide bonds. The predicted octanol–water partition coefficient (Wildman–Crippen LogP) is 5.10. The highest BCUT2D eigenvalue weighted by Gasteiger charge is 2.56. The molecule has 3 N–H and O–H groups in total. The number of H-pyrrole nitrogens is 1. The summed E-state index contributed by atoms with van der Waals surface area (Å²) in [7, 11) is 0. The van der Waals surface area contributed by atoms with Crippen LogP contribution in [0.25, 0.3) is 10.9 Å². The minimum Gasteiger partial charge on any atom is -0.350 e. The van der Waals surface area contributed by atoms with Crippen molar-refractivity contribution < 1.29 is 18.8 Å². The SMILES string of the molecule is CC(C)CC(C(=O)N1C[C@]2(C[C@H]1C#N)C(=O)Nc1ccccc12)c1ccc(NC(=O)c2cc3c(F)cccc3[nH]2)cn1. The highest BCUT2D eigenvalue weighted by atomic mass is 19.1. The van der Waals surface area contributed by atoms with Crippen LogP contribution in [-0.2, 0) is 15.0 Å². The molecule has 1 unspecified atom stereocenters. The topological polar surface area (TPSA) is 131 Å². The van der Waals surface area contributed by atoms with Crippen LogP contribution in [-0.4, -0.2) is 45.2 Å². The molecule has 0 bridgehead atoms. The molecule has 2 aromatic carbocycles. The van der Waals surface area contributed by atoms with Gasteiger partial charge in [0.15, 0.2) is 0 Å². The molecule has 4 heterocycles. The van der Waals surface area contributed by atoms with Gasteiger partial charge in [-0.05, 0) is 54.3 Å². The number of amides is 3. The smallest absolute Gasteiger partial charge is 0.272 e. The molecule has 0 aliphatic carbocycles. The van der Waals surface area contributed by atoms with Gasteiger partial charge in [-0.1, -0.05) is 38.1 Å². The minimum absolute atomic E-state index is 0.112. The number of halogens is 1. The second kappa shape index (κ2) is 10.4. The number of pyridine rings is 1. The molecule has 2 aliphatic heterocycles. The zero-order valence-electron chi connectivity index (χ0n) is 23.1. The maximum absolute atomic E-state index is 14.1. The number of carbonyl (C=O) groups is 3. The van der Waals surface area contributed by atoms with Crippen molar-refractivity contribution in [3.05, 3.63) is 89.6 Å². The lowest BCUT2D eigenvalue weighted by Crippen LogP contribution is -2.42. The van der Waals surface area contributed by atoms with Crippen LogP contribution < -0.4 is 10.6 Å². The first kappa shape index (κ1) is 27.1. The summed E-state index contributed by atoms with van der Waals surface area (Å²) in [4.78, 5) is 49.0. The second-order valence-corrected chi connectivity index (χ2v) is 11.4. The number of para-hydroxylation sites is 1. The number of fused-ring (bicyclic) bond motifs is 3. The highest BCUT2D eigenvalue weighted by Crippen LogP contribution is 2.47. The Balaban J connectivity index is 1.23. The molecule has 2 aliphatic rings. The Hall–Kier alpha value is -5.04. The van der Waals surface area contributed by atoms with Gasteiger partial charge in [0, 0.05) is 29.6 Å². The van der Waals surface area contributed by atoms with Gasteiger partial charge in [-0.2, -0.15) is 5.26 Å². The number of likely N-dealkylation sites (tertiary alicyclic amines) is 1. The first-order valence-corrected chi connectivity index (χ1v) is 13.9. The van der Waals surface area contributed by atoms with E-state index in [1.807, 2.05) is 38.1 Å². The zero-order chi connectivity index (χ0) is 29.6. The van der Waals surface area contributed by atoms with E-state index in [2.05, 4.69) is 26.7 Å². The Labute approximate surface area is 241 Å². The molecule has 42 heavy (non-hydrogen) atoms. The van der Waals surface area contributed by atoms with Crippen LogP contribution in [0.15, 0.2) is 66.9 Å². The second-order valence-electron chi connectivity index (χ2n) is 11.4. The molecule has 1 fully saturated rings. The van der Waals surface area contributed by atoms with Gasteiger partial charge in [-0.25, -0.2) is 4.39 Å². The number of nitrogens with one attached hydrogen (secondary N) is 3. The molecule has 0 radical (unpaired) electrons. The van der Waals surface area contributed by atoms with Crippen LogP contribution >= 0.6 is 0 Å². The first-order valence-electron chi connectivity index (χ1n) is 13.9. The van der Waals surface area contributed by atoms with Crippen molar-refractivity contribution in [2.24, 2.45) is 5.92 Å². The van der Waals surface area contributed by atoms with Gasteiger partial charge in [0.1, 0.15) is 17.6 Å². The number of nitriles is 1. The summed E-state index contributed by atoms with van der Waals surface area (Å²) in [6.07, 6.45) is 2.19. The molecule has 212 valence electrons. The van der Waals surface area contributed by atoms with Crippen molar-refractivity contribution >= 4 is 40.0 Å². The highest BCUT2D eigenvalue weighted by molar-refractivity contribution is 6.07. The maximum Gasteiger partial charge on any atom is 0.272 e. The molecule has 1 spiro atoms. The fourth-order valence-corrected chi connectivity index (χ4v) is 6.13. The molecule has 2 aromatic heterocycles. The third-order valence-electron chi connectivity index (χ3n) is 8.18. The van der Waals surface area contributed by atoms with E-state index in [-0.39, 0.29) is 36.4 Å². The van der Waals surface area contributed by atoms with E-state index < -0.39 is 29.1 Å². The van der Waals surface area contributed by atoms with Crippen molar-refractivity contribution in [1.29, 1.82) is 5.26 Å². The van der Waals surface area contributed by atoms with Gasteiger partial charge in [0.2, 0.25) is 11.8 Å². The predicted molar refractivity (Wildman–Crippen MR) is 155 cm³/mol. The molecule has 9 nitrogen and oxygen atoms in total. The number of anilines is 2. The zero-order valence-corrected chi connectivity index (χ0v) is 23.1. The quantitative estimate of drug-likeness (QED) is 0.300. The number of carbonyl (C=O) groups excluding carboxylic acids is 3. The lowest BCUT2D eigenvalue weighted by atomic mass is 9.80. The minimum atomic E-state index is -0.970. The normalized spacial score (nSPS) is 20.0. The standard InChI is InChI=1S/C32H29FN6O3/c1-18(2)12-22(30(41)39-17-32(14-20(39)15-34)23-6-3-4-8-27(23)38-31(32)42)25-11-10-19(16-35-25)36-29(40)28-13-21-24(33)7-5-9-26(21)37-28/h3-11,13,16,18,20,22,37H,12,14,17H2,1-2H3,(H,36,40)(H,38,42)/t20-,22?,32-/m0/s1. The summed E-state index contributed by atoms with van der Waals surface area (Å²) in [5.74, 6) is -1.82. The maximum atomic E-state index is 14.1. The van der Waals surface area contributed by atoms with E-state index in [9.17, 15) is 24.0 Å². The summed E-state index contributed by atoms with van der Waals surface area (Å²) in [5, 5.41) is 16.0. The number of nitrogens with zero attached hydrogens (tertiary/aromatic N) is 3. The third-order valence-corrected chi connectivity index (χ3v) is 8.18. The Morgan fingerprint density at radius 3 is 2.71 bits per heavy atom. The largest absolute Gasteiger partial charge is 0.350 e. The van der Waals surface area contributed by atoms with E-state index in [0.717, 1.165) is 5.56 Å². The van der Waals surface area contributed by atoms with Gasteiger partial charge in [-0.15, -0.1) is 0 Å². The van der Waals surface area contributed by atoms with Gasteiger partial charge >= 0.3 is 0 Å². The van der Waals surface area contributed by atoms with Gasteiger partial charge in [-0.3, -0.25) is 19.4 Å². The molecular weight excluding hydrogens is 535 g/mol. The molecular formula is C32H29FN6O3. The molecule has 1 saturated heterocycles. The third kappa shape index (κ3) is 4.57. The van der Waals surface area contributed by atoms with E-state index in [0.29, 0.717) is 34.4 Å². The molecule has 0 saturated carbocycles. The van der Waals surface area contributed by atoms with Gasteiger partial charge < -0.3 is 20.5 Å². The van der Waals surface area contributed by atoms with Gasteiger partial charge in [0.25, 0.3) is 5.91 Å². The number of benzene rings is 2.